The van der Waals surface area contributed by atoms with Crippen LogP contribution in [0.5, 0.6) is 0 Å². The van der Waals surface area contributed by atoms with Crippen LogP contribution in [0, 0.1) is 0 Å². The van der Waals surface area contributed by atoms with E-state index < -0.39 is 16.3 Å². The molecule has 0 aromatic heterocycles. The fraction of sp³-hybridized carbons (Fsp3) is 0.529. The predicted octanol–water partition coefficient (Wildman–Crippen LogP) is 3.28. The summed E-state index contributed by atoms with van der Waals surface area (Å²) >= 11 is 0. The van der Waals surface area contributed by atoms with Crippen molar-refractivity contribution in [2.24, 2.45) is 0 Å². The Kier molecular flexibility index (Phi) is 3.61. The molecule has 22 heavy (non-hydrogen) atoms. The Morgan fingerprint density at radius 1 is 1.09 bits per heavy atom. The van der Waals surface area contributed by atoms with Gasteiger partial charge in [-0.3, -0.25) is 0 Å². The molecule has 0 bridgehead atoms. The number of aliphatic hydroxyl groups is 1. The Bertz CT molecular complexity index is 711. The third kappa shape index (κ3) is 2.36. The lowest BCUT2D eigenvalue weighted by Crippen LogP contribution is -2.35. The fourth-order valence-electron chi connectivity index (χ4n) is 3.25. The molecule has 0 fully saturated rings. The van der Waals surface area contributed by atoms with Gasteiger partial charge in [0.1, 0.15) is 0 Å². The van der Waals surface area contributed by atoms with E-state index in [1.165, 1.54) is 4.31 Å². The van der Waals surface area contributed by atoms with Gasteiger partial charge in [0.25, 0.3) is 10.0 Å². The summed E-state index contributed by atoms with van der Waals surface area (Å²) in [6, 6.07) is 7.46. The smallest absolute Gasteiger partial charge is 0.263 e. The predicted molar refractivity (Wildman–Crippen MR) is 88.0 cm³/mol. The molecule has 1 aromatic rings. The third-order valence-electron chi connectivity index (χ3n) is 4.55. The summed E-state index contributed by atoms with van der Waals surface area (Å²) in [6.07, 6.45) is 2.00. The fourth-order valence-corrected chi connectivity index (χ4v) is 5.22. The lowest BCUT2D eigenvalue weighted by Gasteiger charge is -2.25. The lowest BCUT2D eigenvalue weighted by molar-refractivity contribution is 0.220. The van der Waals surface area contributed by atoms with Gasteiger partial charge in [-0.05, 0) is 54.4 Å². The van der Waals surface area contributed by atoms with Crippen molar-refractivity contribution < 1.29 is 13.5 Å². The largest absolute Gasteiger partial charge is 0.369 e. The van der Waals surface area contributed by atoms with E-state index in [2.05, 4.69) is 20.8 Å². The second-order valence-electron chi connectivity index (χ2n) is 7.13. The molecule has 0 saturated heterocycles. The lowest BCUT2D eigenvalue weighted by atomic mass is 9.87. The van der Waals surface area contributed by atoms with Gasteiger partial charge in [-0.25, -0.2) is 12.7 Å². The number of benzene rings is 1. The molecule has 1 heterocycles. The highest BCUT2D eigenvalue weighted by Gasteiger charge is 2.44. The molecule has 0 spiro atoms. The zero-order valence-electron chi connectivity index (χ0n) is 13.3. The Balaban J connectivity index is 1.99. The summed E-state index contributed by atoms with van der Waals surface area (Å²) in [4.78, 5) is 0.436. The molecule has 1 aliphatic carbocycles. The van der Waals surface area contributed by atoms with Crippen LogP contribution in [0.3, 0.4) is 0 Å². The van der Waals surface area contributed by atoms with Crippen LogP contribution >= 0.6 is 0 Å². The van der Waals surface area contributed by atoms with Crippen LogP contribution in [0.2, 0.25) is 0 Å². The molecule has 120 valence electrons. The Hall–Kier alpha value is -1.33. The number of hydrogen-bond donors (Lipinski definition) is 1. The van der Waals surface area contributed by atoms with Gasteiger partial charge in [0, 0.05) is 0 Å². The van der Waals surface area contributed by atoms with Gasteiger partial charge in [0.2, 0.25) is 0 Å². The standard InChI is InChI=1S/C17H23NO3S/c1-17(2,3)12-8-10-13(11-9-12)18-16(19)14-6-4-5-7-15(14)22(18,20)21/h8-11,16,19H,4-7H2,1-3H3. The molecule has 4 nitrogen and oxygen atoms in total. The summed E-state index contributed by atoms with van der Waals surface area (Å²) in [7, 11) is -3.58. The molecular weight excluding hydrogens is 298 g/mol. The van der Waals surface area contributed by atoms with Crippen LogP contribution in [0.1, 0.15) is 52.0 Å². The first-order valence-electron chi connectivity index (χ1n) is 7.78. The molecule has 1 atom stereocenters. The minimum atomic E-state index is -3.58. The van der Waals surface area contributed by atoms with Crippen LogP contribution in [-0.2, 0) is 15.4 Å². The highest BCUT2D eigenvalue weighted by atomic mass is 32.2. The molecule has 0 amide bonds. The van der Waals surface area contributed by atoms with Crippen molar-refractivity contribution in [2.75, 3.05) is 4.31 Å². The number of hydrogen-bond acceptors (Lipinski definition) is 3. The number of nitrogens with zero attached hydrogens (tertiary/aromatic N) is 1. The minimum Gasteiger partial charge on any atom is -0.369 e. The number of rotatable bonds is 1. The normalized spacial score (nSPS) is 24.5. The van der Waals surface area contributed by atoms with E-state index in [0.717, 1.165) is 18.4 Å². The van der Waals surface area contributed by atoms with Crippen LogP contribution in [0.25, 0.3) is 0 Å². The maximum absolute atomic E-state index is 12.7. The van der Waals surface area contributed by atoms with E-state index in [4.69, 9.17) is 0 Å². The Morgan fingerprint density at radius 2 is 1.68 bits per heavy atom. The van der Waals surface area contributed by atoms with Gasteiger partial charge in [-0.1, -0.05) is 32.9 Å². The van der Waals surface area contributed by atoms with Gasteiger partial charge >= 0.3 is 0 Å². The van der Waals surface area contributed by atoms with Crippen LogP contribution in [0.4, 0.5) is 5.69 Å². The topological polar surface area (TPSA) is 57.6 Å². The van der Waals surface area contributed by atoms with Crippen LogP contribution in [0.15, 0.2) is 34.7 Å². The van der Waals surface area contributed by atoms with Crippen molar-refractivity contribution in [1.82, 2.24) is 0 Å². The molecule has 2 aliphatic rings. The molecule has 1 N–H and O–H groups in total. The van der Waals surface area contributed by atoms with Crippen LogP contribution in [-0.4, -0.2) is 19.8 Å². The summed E-state index contributed by atoms with van der Waals surface area (Å²) in [5.74, 6) is 0. The highest BCUT2D eigenvalue weighted by molar-refractivity contribution is 7.96. The number of allylic oxidation sites excluding steroid dienone is 1. The van der Waals surface area contributed by atoms with Gasteiger partial charge in [0.15, 0.2) is 6.23 Å². The van der Waals surface area contributed by atoms with Gasteiger partial charge in [-0.2, -0.15) is 0 Å². The maximum Gasteiger partial charge on any atom is 0.263 e. The van der Waals surface area contributed by atoms with Gasteiger partial charge < -0.3 is 5.11 Å². The number of anilines is 1. The quantitative estimate of drug-likeness (QED) is 0.863. The van der Waals surface area contributed by atoms with E-state index in [-0.39, 0.29) is 5.41 Å². The summed E-state index contributed by atoms with van der Waals surface area (Å²) in [5.41, 5.74) is 2.37. The van der Waals surface area contributed by atoms with E-state index >= 15 is 0 Å². The molecule has 1 aliphatic heterocycles. The van der Waals surface area contributed by atoms with Gasteiger partial charge in [0.05, 0.1) is 10.6 Å². The van der Waals surface area contributed by atoms with Crippen LogP contribution < -0.4 is 4.31 Å². The number of aliphatic hydroxyl groups excluding tert-OH is 1. The first-order valence-corrected chi connectivity index (χ1v) is 9.22. The molecule has 5 heteroatoms. The minimum absolute atomic E-state index is 0.0124. The molecule has 1 aromatic carbocycles. The second-order valence-corrected chi connectivity index (χ2v) is 8.96. The maximum atomic E-state index is 12.7. The second kappa shape index (κ2) is 5.10. The van der Waals surface area contributed by atoms with Crippen molar-refractivity contribution in [3.05, 3.63) is 40.3 Å². The monoisotopic (exact) mass is 321 g/mol. The van der Waals surface area contributed by atoms with E-state index in [0.29, 0.717) is 29.0 Å². The summed E-state index contributed by atoms with van der Waals surface area (Å²) < 4.78 is 26.6. The summed E-state index contributed by atoms with van der Waals surface area (Å²) in [6.45, 7) is 6.34. The first kappa shape index (κ1) is 15.6. The molecule has 0 saturated carbocycles. The Morgan fingerprint density at radius 3 is 2.23 bits per heavy atom. The Labute approximate surface area is 132 Å². The molecule has 0 radical (unpaired) electrons. The van der Waals surface area contributed by atoms with Crippen molar-refractivity contribution in [2.45, 2.75) is 58.1 Å². The first-order chi connectivity index (χ1) is 10.2. The van der Waals surface area contributed by atoms with Gasteiger partial charge in [-0.15, -0.1) is 0 Å². The molecule has 1 unspecified atom stereocenters. The summed E-state index contributed by atoms with van der Waals surface area (Å²) in [5, 5.41) is 10.5. The van der Waals surface area contributed by atoms with Crippen molar-refractivity contribution >= 4 is 15.7 Å². The van der Waals surface area contributed by atoms with E-state index in [1.807, 2.05) is 12.1 Å². The van der Waals surface area contributed by atoms with Crippen molar-refractivity contribution in [3.63, 3.8) is 0 Å². The third-order valence-corrected chi connectivity index (χ3v) is 6.57. The average molecular weight is 321 g/mol. The zero-order valence-corrected chi connectivity index (χ0v) is 14.2. The van der Waals surface area contributed by atoms with E-state index in [9.17, 15) is 13.5 Å². The number of sulfonamides is 1. The molecule has 3 rings (SSSR count). The van der Waals surface area contributed by atoms with Crippen molar-refractivity contribution in [3.8, 4) is 0 Å². The SMILES string of the molecule is CC(C)(C)c1ccc(N2C(O)C3=C(CCCC3)S2(=O)=O)cc1. The van der Waals surface area contributed by atoms with E-state index in [1.54, 1.807) is 12.1 Å². The zero-order chi connectivity index (χ0) is 16.1. The molecular formula is C17H23NO3S. The van der Waals surface area contributed by atoms with Crippen molar-refractivity contribution in [1.29, 1.82) is 0 Å². The average Bonchev–Trinajstić information content (AvgIpc) is 2.66. The highest BCUT2D eigenvalue weighted by Crippen LogP contribution is 2.42.